The third-order valence-electron chi connectivity index (χ3n) is 3.59. The highest BCUT2D eigenvalue weighted by Gasteiger charge is 2.19. The van der Waals surface area contributed by atoms with Crippen LogP contribution in [0.15, 0.2) is 33.9 Å². The van der Waals surface area contributed by atoms with Crippen molar-refractivity contribution in [1.29, 1.82) is 0 Å². The largest absolute Gasteiger partial charge is 0.494 e. The number of nitrogens with one attached hydrogen (secondary N) is 1. The molecule has 5 nitrogen and oxygen atoms in total. The van der Waals surface area contributed by atoms with Crippen LogP contribution in [-0.2, 0) is 6.42 Å². The van der Waals surface area contributed by atoms with Gasteiger partial charge in [0.2, 0.25) is 5.88 Å². The van der Waals surface area contributed by atoms with Crippen LogP contribution < -0.4 is 11.2 Å². The van der Waals surface area contributed by atoms with Crippen molar-refractivity contribution >= 4 is 0 Å². The van der Waals surface area contributed by atoms with Gasteiger partial charge in [0.15, 0.2) is 0 Å². The van der Waals surface area contributed by atoms with E-state index in [4.69, 9.17) is 0 Å². The SMILES string of the molecule is CCc1c(O)n(C(C)c2ccccc2C)c(=O)[nH]c1=O. The van der Waals surface area contributed by atoms with E-state index in [9.17, 15) is 14.7 Å². The summed E-state index contributed by atoms with van der Waals surface area (Å²) in [5.74, 6) is -0.253. The number of hydrogen-bond acceptors (Lipinski definition) is 3. The summed E-state index contributed by atoms with van der Waals surface area (Å²) < 4.78 is 1.22. The maximum atomic E-state index is 12.0. The minimum atomic E-state index is -0.597. The molecule has 1 aromatic heterocycles. The Balaban J connectivity index is 2.68. The Morgan fingerprint density at radius 2 is 1.95 bits per heavy atom. The van der Waals surface area contributed by atoms with Gasteiger partial charge in [-0.2, -0.15) is 0 Å². The Bertz CT molecular complexity index is 744. The van der Waals surface area contributed by atoms with Crippen molar-refractivity contribution in [3.8, 4) is 5.88 Å². The molecule has 0 saturated carbocycles. The number of nitrogens with zero attached hydrogens (tertiary/aromatic N) is 1. The smallest absolute Gasteiger partial charge is 0.331 e. The zero-order valence-electron chi connectivity index (χ0n) is 11.8. The predicted octanol–water partition coefficient (Wildman–Crippen LogP) is 1.72. The second-order valence-corrected chi connectivity index (χ2v) is 4.82. The van der Waals surface area contributed by atoms with Crippen molar-refractivity contribution in [2.45, 2.75) is 33.2 Å². The molecule has 0 aliphatic heterocycles. The molecule has 2 rings (SSSR count). The molecule has 106 valence electrons. The van der Waals surface area contributed by atoms with E-state index in [1.807, 2.05) is 38.1 Å². The van der Waals surface area contributed by atoms with Gasteiger partial charge < -0.3 is 5.11 Å². The van der Waals surface area contributed by atoms with Crippen molar-refractivity contribution in [2.75, 3.05) is 0 Å². The molecule has 2 N–H and O–H groups in total. The van der Waals surface area contributed by atoms with Crippen LogP contribution in [0.1, 0.15) is 36.6 Å². The van der Waals surface area contributed by atoms with E-state index in [2.05, 4.69) is 4.98 Å². The van der Waals surface area contributed by atoms with E-state index in [0.717, 1.165) is 11.1 Å². The predicted molar refractivity (Wildman–Crippen MR) is 77.4 cm³/mol. The third-order valence-corrected chi connectivity index (χ3v) is 3.59. The summed E-state index contributed by atoms with van der Waals surface area (Å²) in [4.78, 5) is 25.9. The van der Waals surface area contributed by atoms with Gasteiger partial charge in [0.05, 0.1) is 11.6 Å². The molecule has 0 aliphatic rings. The molecule has 0 fully saturated rings. The number of aromatic amines is 1. The molecule has 0 radical (unpaired) electrons. The zero-order chi connectivity index (χ0) is 14.9. The molecule has 0 bridgehead atoms. The second kappa shape index (κ2) is 5.36. The molecule has 0 spiro atoms. The summed E-state index contributed by atoms with van der Waals surface area (Å²) in [6.07, 6.45) is 0.363. The summed E-state index contributed by atoms with van der Waals surface area (Å²) >= 11 is 0. The Morgan fingerprint density at radius 1 is 1.30 bits per heavy atom. The van der Waals surface area contributed by atoms with Gasteiger partial charge in [-0.25, -0.2) is 4.79 Å². The Labute approximate surface area is 116 Å². The summed E-state index contributed by atoms with van der Waals surface area (Å²) in [5, 5.41) is 10.2. The van der Waals surface area contributed by atoms with Crippen molar-refractivity contribution in [3.63, 3.8) is 0 Å². The molecule has 1 aromatic carbocycles. The Morgan fingerprint density at radius 3 is 2.55 bits per heavy atom. The van der Waals surface area contributed by atoms with Crippen molar-refractivity contribution in [1.82, 2.24) is 9.55 Å². The van der Waals surface area contributed by atoms with Gasteiger partial charge in [0.25, 0.3) is 5.56 Å². The van der Waals surface area contributed by atoms with E-state index in [1.165, 1.54) is 4.57 Å². The van der Waals surface area contributed by atoms with Crippen LogP contribution in [0.4, 0.5) is 0 Å². The highest BCUT2D eigenvalue weighted by Crippen LogP contribution is 2.24. The van der Waals surface area contributed by atoms with Gasteiger partial charge in [-0.05, 0) is 31.4 Å². The Kier molecular flexibility index (Phi) is 3.79. The number of aromatic hydroxyl groups is 1. The van der Waals surface area contributed by atoms with Crippen LogP contribution >= 0.6 is 0 Å². The molecule has 0 amide bonds. The summed E-state index contributed by atoms with van der Waals surface area (Å²) in [7, 11) is 0. The van der Waals surface area contributed by atoms with Crippen LogP contribution in [0.25, 0.3) is 0 Å². The fourth-order valence-electron chi connectivity index (χ4n) is 2.45. The molecule has 20 heavy (non-hydrogen) atoms. The first-order valence-electron chi connectivity index (χ1n) is 6.59. The average Bonchev–Trinajstić information content (AvgIpc) is 2.39. The van der Waals surface area contributed by atoms with E-state index in [-0.39, 0.29) is 17.5 Å². The van der Waals surface area contributed by atoms with Gasteiger partial charge in [-0.3, -0.25) is 14.3 Å². The number of aromatic nitrogens is 2. The van der Waals surface area contributed by atoms with Crippen LogP contribution in [0.5, 0.6) is 5.88 Å². The van der Waals surface area contributed by atoms with Crippen molar-refractivity contribution in [2.24, 2.45) is 0 Å². The standard InChI is InChI=1S/C15H18N2O3/c1-4-11-13(18)16-15(20)17(14(11)19)10(3)12-8-6-5-7-9(12)2/h5-8,10,19H,4H2,1-3H3,(H,16,18,20). The Hall–Kier alpha value is -2.30. The molecule has 1 atom stereocenters. The lowest BCUT2D eigenvalue weighted by molar-refractivity contribution is 0.382. The number of H-pyrrole nitrogens is 1. The first-order chi connectivity index (χ1) is 9.47. The fourth-order valence-corrected chi connectivity index (χ4v) is 2.45. The molecular formula is C15H18N2O3. The van der Waals surface area contributed by atoms with Crippen molar-refractivity contribution in [3.05, 3.63) is 61.8 Å². The van der Waals surface area contributed by atoms with E-state index < -0.39 is 11.2 Å². The van der Waals surface area contributed by atoms with Crippen LogP contribution in [0.3, 0.4) is 0 Å². The molecule has 1 heterocycles. The second-order valence-electron chi connectivity index (χ2n) is 4.82. The highest BCUT2D eigenvalue weighted by atomic mass is 16.3. The van der Waals surface area contributed by atoms with Crippen LogP contribution in [-0.4, -0.2) is 14.7 Å². The lowest BCUT2D eigenvalue weighted by Crippen LogP contribution is -2.34. The molecule has 5 heteroatoms. The summed E-state index contributed by atoms with van der Waals surface area (Å²) in [5.41, 5.74) is 1.06. The summed E-state index contributed by atoms with van der Waals surface area (Å²) in [6.45, 7) is 5.53. The fraction of sp³-hybridized carbons (Fsp3) is 0.333. The van der Waals surface area contributed by atoms with Crippen molar-refractivity contribution < 1.29 is 5.11 Å². The average molecular weight is 274 g/mol. The van der Waals surface area contributed by atoms with Crippen LogP contribution in [0, 0.1) is 6.92 Å². The monoisotopic (exact) mass is 274 g/mol. The molecule has 0 aliphatic carbocycles. The topological polar surface area (TPSA) is 75.1 Å². The molecule has 0 saturated heterocycles. The number of hydrogen-bond donors (Lipinski definition) is 2. The molecule has 2 aromatic rings. The van der Waals surface area contributed by atoms with Crippen LogP contribution in [0.2, 0.25) is 0 Å². The van der Waals surface area contributed by atoms with Gasteiger partial charge in [-0.15, -0.1) is 0 Å². The lowest BCUT2D eigenvalue weighted by Gasteiger charge is -2.19. The molecular weight excluding hydrogens is 256 g/mol. The lowest BCUT2D eigenvalue weighted by atomic mass is 10.0. The van der Waals surface area contributed by atoms with Gasteiger partial charge >= 0.3 is 5.69 Å². The first kappa shape index (κ1) is 14.1. The third kappa shape index (κ3) is 2.27. The van der Waals surface area contributed by atoms with Gasteiger partial charge in [0.1, 0.15) is 0 Å². The highest BCUT2D eigenvalue weighted by molar-refractivity contribution is 5.31. The normalized spacial score (nSPS) is 12.3. The minimum Gasteiger partial charge on any atom is -0.494 e. The number of aryl methyl sites for hydroxylation is 1. The quantitative estimate of drug-likeness (QED) is 0.895. The number of rotatable bonds is 3. The van der Waals surface area contributed by atoms with E-state index >= 15 is 0 Å². The number of benzene rings is 1. The van der Waals surface area contributed by atoms with E-state index in [1.54, 1.807) is 6.92 Å². The van der Waals surface area contributed by atoms with Gasteiger partial charge in [-0.1, -0.05) is 31.2 Å². The summed E-state index contributed by atoms with van der Waals surface area (Å²) in [6, 6.07) is 7.29. The first-order valence-corrected chi connectivity index (χ1v) is 6.59. The minimum absolute atomic E-state index is 0.227. The maximum Gasteiger partial charge on any atom is 0.331 e. The zero-order valence-corrected chi connectivity index (χ0v) is 11.8. The van der Waals surface area contributed by atoms with E-state index in [0.29, 0.717) is 6.42 Å². The maximum absolute atomic E-state index is 12.0. The van der Waals surface area contributed by atoms with Gasteiger partial charge in [0, 0.05) is 0 Å². The molecule has 1 unspecified atom stereocenters.